The van der Waals surface area contributed by atoms with Crippen molar-refractivity contribution in [3.8, 4) is 16.2 Å². The summed E-state index contributed by atoms with van der Waals surface area (Å²) < 4.78 is 6.09. The number of halogens is 1. The molecule has 0 saturated carbocycles. The maximum Gasteiger partial charge on any atom is 0.120 e. The van der Waals surface area contributed by atoms with Gasteiger partial charge in [0, 0.05) is 10.9 Å². The Morgan fingerprint density at radius 3 is 2.54 bits per heavy atom. The van der Waals surface area contributed by atoms with E-state index in [0.717, 1.165) is 12.2 Å². The maximum absolute atomic E-state index is 6.09. The summed E-state index contributed by atoms with van der Waals surface area (Å²) in [6.45, 7) is 2.96. The molecule has 0 fully saturated rings. The molecule has 1 aliphatic carbocycles. The number of ether oxygens (including phenoxy) is 1. The molecule has 1 aromatic heterocycles. The van der Waals surface area contributed by atoms with Crippen molar-refractivity contribution >= 4 is 23.7 Å². The van der Waals surface area contributed by atoms with E-state index in [4.69, 9.17) is 4.74 Å². The number of likely N-dealkylation sites (N-methyl/N-ethyl adjacent to an activating group) is 1. The number of fused-ring (bicyclic) bond motifs is 1. The molecular weight excluding hydrogens is 386 g/mol. The third-order valence-corrected chi connectivity index (χ3v) is 6.64. The van der Waals surface area contributed by atoms with E-state index in [2.05, 4.69) is 85.9 Å². The summed E-state index contributed by atoms with van der Waals surface area (Å²) in [5, 5.41) is 2.12. The van der Waals surface area contributed by atoms with Crippen LogP contribution in [-0.2, 0) is 13.0 Å². The monoisotopic (exact) mass is 413 g/mol. The Morgan fingerprint density at radius 2 is 1.86 bits per heavy atom. The Morgan fingerprint density at radius 1 is 1.07 bits per heavy atom. The molecule has 0 N–H and O–H groups in total. The molecule has 0 saturated heterocycles. The van der Waals surface area contributed by atoms with Crippen LogP contribution in [0.15, 0.2) is 60.0 Å². The Balaban J connectivity index is 0.00000225. The summed E-state index contributed by atoms with van der Waals surface area (Å²) >= 11 is 1.77. The predicted octanol–water partition coefficient (Wildman–Crippen LogP) is 6.40. The highest BCUT2D eigenvalue weighted by molar-refractivity contribution is 7.13. The number of hydrogen-bond acceptors (Lipinski definition) is 3. The number of thiophene rings is 1. The number of aryl methyl sites for hydroxylation is 1. The Bertz CT molecular complexity index is 889. The fraction of sp³-hybridized carbons (Fsp3) is 0.333. The van der Waals surface area contributed by atoms with Crippen molar-refractivity contribution < 1.29 is 4.74 Å². The normalized spacial score (nSPS) is 18.4. The van der Waals surface area contributed by atoms with Crippen LogP contribution in [0.2, 0.25) is 0 Å². The Hall–Kier alpha value is -1.81. The maximum atomic E-state index is 6.09. The van der Waals surface area contributed by atoms with Crippen LogP contribution in [-0.4, -0.2) is 25.0 Å². The second-order valence-corrected chi connectivity index (χ2v) is 8.63. The van der Waals surface area contributed by atoms with E-state index >= 15 is 0 Å². The lowest BCUT2D eigenvalue weighted by Crippen LogP contribution is -2.36. The molecule has 1 heterocycles. The lowest BCUT2D eigenvalue weighted by molar-refractivity contribution is 0.236. The molecule has 0 bridgehead atoms. The second kappa shape index (κ2) is 9.13. The van der Waals surface area contributed by atoms with E-state index in [9.17, 15) is 0 Å². The molecule has 2 unspecified atom stereocenters. The van der Waals surface area contributed by atoms with Crippen molar-refractivity contribution in [1.29, 1.82) is 0 Å². The summed E-state index contributed by atoms with van der Waals surface area (Å²) in [4.78, 5) is 3.67. The summed E-state index contributed by atoms with van der Waals surface area (Å²) in [7, 11) is 4.38. The minimum atomic E-state index is 0. The molecule has 0 amide bonds. The average Bonchev–Trinajstić information content (AvgIpc) is 3.21. The van der Waals surface area contributed by atoms with Gasteiger partial charge in [-0.15, -0.1) is 23.7 Å². The van der Waals surface area contributed by atoms with Crippen LogP contribution in [0.1, 0.15) is 36.0 Å². The van der Waals surface area contributed by atoms with E-state index in [1.54, 1.807) is 11.3 Å². The van der Waals surface area contributed by atoms with Gasteiger partial charge in [0.25, 0.3) is 0 Å². The third kappa shape index (κ3) is 4.43. The largest absolute Gasteiger partial charge is 0.489 e. The van der Waals surface area contributed by atoms with Gasteiger partial charge in [0.1, 0.15) is 12.4 Å². The molecule has 3 aromatic rings. The van der Waals surface area contributed by atoms with Gasteiger partial charge in [0.05, 0.1) is 0 Å². The molecule has 4 heteroatoms. The molecule has 0 radical (unpaired) electrons. The fourth-order valence-electron chi connectivity index (χ4n) is 4.17. The molecule has 4 rings (SSSR count). The fourth-order valence-corrected chi connectivity index (χ4v) is 4.91. The first-order valence-electron chi connectivity index (χ1n) is 9.66. The number of rotatable bonds is 5. The molecule has 0 aliphatic heterocycles. The van der Waals surface area contributed by atoms with Gasteiger partial charge in [0.2, 0.25) is 0 Å². The Kier molecular flexibility index (Phi) is 6.82. The zero-order valence-electron chi connectivity index (χ0n) is 16.7. The van der Waals surface area contributed by atoms with E-state index in [-0.39, 0.29) is 12.4 Å². The van der Waals surface area contributed by atoms with Crippen molar-refractivity contribution in [3.05, 3.63) is 76.7 Å². The lowest BCUT2D eigenvalue weighted by Gasteiger charge is -2.35. The van der Waals surface area contributed by atoms with Crippen LogP contribution < -0.4 is 4.74 Å². The van der Waals surface area contributed by atoms with Crippen LogP contribution in [0.4, 0.5) is 0 Å². The quantitative estimate of drug-likeness (QED) is 0.480. The van der Waals surface area contributed by atoms with Gasteiger partial charge in [-0.2, -0.15) is 0 Å². The van der Waals surface area contributed by atoms with Gasteiger partial charge < -0.3 is 9.64 Å². The molecule has 2 nitrogen and oxygen atoms in total. The zero-order valence-corrected chi connectivity index (χ0v) is 18.4. The van der Waals surface area contributed by atoms with Crippen LogP contribution in [0.25, 0.3) is 10.4 Å². The highest BCUT2D eigenvalue weighted by Crippen LogP contribution is 2.35. The second-order valence-electron chi connectivity index (χ2n) is 7.68. The molecule has 1 aliphatic rings. The highest BCUT2D eigenvalue weighted by Gasteiger charge is 2.27. The molecule has 2 atom stereocenters. The molecule has 148 valence electrons. The topological polar surface area (TPSA) is 12.5 Å². The number of hydrogen-bond donors (Lipinski definition) is 0. The van der Waals surface area contributed by atoms with Gasteiger partial charge >= 0.3 is 0 Å². The van der Waals surface area contributed by atoms with Crippen LogP contribution >= 0.6 is 23.7 Å². The summed E-state index contributed by atoms with van der Waals surface area (Å²) in [6, 6.07) is 20.2. The summed E-state index contributed by atoms with van der Waals surface area (Å²) in [5.41, 5.74) is 5.40. The van der Waals surface area contributed by atoms with E-state index in [0.29, 0.717) is 18.6 Å². The van der Waals surface area contributed by atoms with Gasteiger partial charge in [-0.05, 0) is 78.7 Å². The standard InChI is InChI=1S/C24H27NOS.ClH/c1-17-22-12-11-21(15-20(22)10-13-23(17)25(2)3)26-16-18-6-8-19(9-7-18)24-5-4-14-27-24;/h4-9,11-12,14-15,17,23H,10,13,16H2,1-3H3;1H. The summed E-state index contributed by atoms with van der Waals surface area (Å²) in [6.07, 6.45) is 2.35. The molecule has 2 aromatic carbocycles. The lowest BCUT2D eigenvalue weighted by atomic mass is 9.80. The molecular formula is C24H28ClNOS. The minimum absolute atomic E-state index is 0. The smallest absolute Gasteiger partial charge is 0.120 e. The van der Waals surface area contributed by atoms with E-state index in [1.165, 1.54) is 33.6 Å². The van der Waals surface area contributed by atoms with Crippen LogP contribution in [0.5, 0.6) is 5.75 Å². The first-order chi connectivity index (χ1) is 13.1. The number of benzene rings is 2. The van der Waals surface area contributed by atoms with Crippen molar-refractivity contribution in [2.24, 2.45) is 0 Å². The first-order valence-corrected chi connectivity index (χ1v) is 10.5. The predicted molar refractivity (Wildman–Crippen MR) is 122 cm³/mol. The summed E-state index contributed by atoms with van der Waals surface area (Å²) in [5.74, 6) is 1.55. The zero-order chi connectivity index (χ0) is 18.8. The van der Waals surface area contributed by atoms with Crippen molar-refractivity contribution in [2.45, 2.75) is 38.3 Å². The van der Waals surface area contributed by atoms with Crippen molar-refractivity contribution in [1.82, 2.24) is 4.90 Å². The SMILES string of the molecule is CC1c2ccc(OCc3ccc(-c4cccs4)cc3)cc2CCC1N(C)C.Cl. The van der Waals surface area contributed by atoms with E-state index < -0.39 is 0 Å². The van der Waals surface area contributed by atoms with Gasteiger partial charge in [0.15, 0.2) is 0 Å². The highest BCUT2D eigenvalue weighted by atomic mass is 35.5. The van der Waals surface area contributed by atoms with Crippen LogP contribution in [0.3, 0.4) is 0 Å². The Labute approximate surface area is 178 Å². The van der Waals surface area contributed by atoms with Gasteiger partial charge in [-0.25, -0.2) is 0 Å². The van der Waals surface area contributed by atoms with Gasteiger partial charge in [-0.3, -0.25) is 0 Å². The van der Waals surface area contributed by atoms with E-state index in [1.807, 2.05) is 0 Å². The van der Waals surface area contributed by atoms with Crippen LogP contribution in [0, 0.1) is 0 Å². The molecule has 28 heavy (non-hydrogen) atoms. The minimum Gasteiger partial charge on any atom is -0.489 e. The number of nitrogens with zero attached hydrogens (tertiary/aromatic N) is 1. The van der Waals surface area contributed by atoms with Gasteiger partial charge in [-0.1, -0.05) is 43.3 Å². The average molecular weight is 414 g/mol. The van der Waals surface area contributed by atoms with Crippen molar-refractivity contribution in [3.63, 3.8) is 0 Å². The third-order valence-electron chi connectivity index (χ3n) is 5.72. The van der Waals surface area contributed by atoms with Crippen molar-refractivity contribution in [2.75, 3.05) is 14.1 Å². The first kappa shape index (κ1) is 20.9. The molecule has 0 spiro atoms.